The van der Waals surface area contributed by atoms with Crippen LogP contribution in [0.5, 0.6) is 11.5 Å². The molecule has 0 atom stereocenters. The van der Waals surface area contributed by atoms with E-state index in [0.29, 0.717) is 35.8 Å². The molecule has 4 rings (SSSR count). The lowest BCUT2D eigenvalue weighted by molar-refractivity contribution is -0.113. The van der Waals surface area contributed by atoms with E-state index in [0.717, 1.165) is 23.2 Å². The quantitative estimate of drug-likeness (QED) is 0.405. The molecule has 0 saturated heterocycles. The molecular formula is C27H26FNO3. The third-order valence-electron chi connectivity index (χ3n) is 5.33. The second-order valence-electron chi connectivity index (χ2n) is 7.55. The molecule has 1 aliphatic rings. The average Bonchev–Trinajstić information content (AvgIpc) is 3.06. The van der Waals surface area contributed by atoms with Crippen molar-refractivity contribution < 1.29 is 18.7 Å². The van der Waals surface area contributed by atoms with Crippen molar-refractivity contribution in [2.24, 2.45) is 0 Å². The van der Waals surface area contributed by atoms with E-state index in [1.807, 2.05) is 54.3 Å². The van der Waals surface area contributed by atoms with Gasteiger partial charge in [-0.1, -0.05) is 49.4 Å². The van der Waals surface area contributed by atoms with Gasteiger partial charge >= 0.3 is 0 Å². The third-order valence-corrected chi connectivity index (χ3v) is 5.33. The summed E-state index contributed by atoms with van der Waals surface area (Å²) in [5.74, 6) is 0.790. The van der Waals surface area contributed by atoms with Gasteiger partial charge in [0.2, 0.25) is 0 Å². The Morgan fingerprint density at radius 3 is 2.50 bits per heavy atom. The molecule has 32 heavy (non-hydrogen) atoms. The summed E-state index contributed by atoms with van der Waals surface area (Å²) in [6.07, 6.45) is 2.77. The maximum absolute atomic E-state index is 13.9. The third kappa shape index (κ3) is 4.37. The van der Waals surface area contributed by atoms with Gasteiger partial charge < -0.3 is 14.4 Å². The number of benzene rings is 3. The van der Waals surface area contributed by atoms with Gasteiger partial charge in [0.05, 0.1) is 12.3 Å². The summed E-state index contributed by atoms with van der Waals surface area (Å²) in [5, 5.41) is 0. The fourth-order valence-electron chi connectivity index (χ4n) is 3.83. The molecule has 0 bridgehead atoms. The highest BCUT2D eigenvalue weighted by molar-refractivity contribution is 6.35. The first-order chi connectivity index (χ1) is 15.6. The minimum Gasteiger partial charge on any atom is -0.490 e. The van der Waals surface area contributed by atoms with Crippen LogP contribution in [0.3, 0.4) is 0 Å². The van der Waals surface area contributed by atoms with Crippen LogP contribution in [0.25, 0.3) is 11.6 Å². The number of carbonyl (C=O) groups excluding carboxylic acids is 1. The van der Waals surface area contributed by atoms with Gasteiger partial charge in [0, 0.05) is 23.2 Å². The number of ether oxygens (including phenoxy) is 2. The molecule has 5 heteroatoms. The van der Waals surface area contributed by atoms with E-state index in [1.165, 1.54) is 6.07 Å². The molecule has 0 aromatic heterocycles. The summed E-state index contributed by atoms with van der Waals surface area (Å²) in [6.45, 7) is 5.20. The molecule has 164 valence electrons. The van der Waals surface area contributed by atoms with Crippen LogP contribution < -0.4 is 14.4 Å². The Bertz CT molecular complexity index is 1160. The minimum atomic E-state index is -0.304. The summed E-state index contributed by atoms with van der Waals surface area (Å²) >= 11 is 0. The van der Waals surface area contributed by atoms with Crippen LogP contribution in [0.15, 0.2) is 66.7 Å². The van der Waals surface area contributed by atoms with Crippen molar-refractivity contribution in [1.29, 1.82) is 0 Å². The standard InChI is InChI=1S/C27H26FNO3/c1-3-15-29-24-12-8-6-10-21(24)22(27(29)30)16-19-13-14-25(26(17-19)31-4-2)32-18-20-9-5-7-11-23(20)28/h5-14,16-17H,3-4,15,18H2,1-2H3/b22-16-. The summed E-state index contributed by atoms with van der Waals surface area (Å²) in [5.41, 5.74) is 3.86. The lowest BCUT2D eigenvalue weighted by Crippen LogP contribution is -2.26. The number of hydrogen-bond donors (Lipinski definition) is 0. The van der Waals surface area contributed by atoms with Crippen molar-refractivity contribution in [1.82, 2.24) is 0 Å². The molecule has 0 radical (unpaired) electrons. The fraction of sp³-hybridized carbons (Fsp3) is 0.222. The van der Waals surface area contributed by atoms with Crippen LogP contribution in [0, 0.1) is 5.82 Å². The topological polar surface area (TPSA) is 38.8 Å². The normalized spacial score (nSPS) is 14.0. The van der Waals surface area contributed by atoms with E-state index in [2.05, 4.69) is 6.92 Å². The molecule has 3 aromatic carbocycles. The van der Waals surface area contributed by atoms with Crippen molar-refractivity contribution >= 4 is 23.2 Å². The Hall–Kier alpha value is -3.60. The first-order valence-corrected chi connectivity index (χ1v) is 10.9. The van der Waals surface area contributed by atoms with Gasteiger partial charge in [-0.25, -0.2) is 4.39 Å². The number of carbonyl (C=O) groups is 1. The Kier molecular flexibility index (Phi) is 6.55. The monoisotopic (exact) mass is 431 g/mol. The second-order valence-corrected chi connectivity index (χ2v) is 7.55. The molecule has 1 amide bonds. The largest absolute Gasteiger partial charge is 0.490 e. The first-order valence-electron chi connectivity index (χ1n) is 10.9. The molecule has 0 spiro atoms. The van der Waals surface area contributed by atoms with Crippen molar-refractivity contribution in [3.63, 3.8) is 0 Å². The van der Waals surface area contributed by atoms with E-state index in [4.69, 9.17) is 9.47 Å². The highest BCUT2D eigenvalue weighted by atomic mass is 19.1. The lowest BCUT2D eigenvalue weighted by Gasteiger charge is -2.15. The van der Waals surface area contributed by atoms with Gasteiger partial charge in [0.1, 0.15) is 12.4 Å². The highest BCUT2D eigenvalue weighted by Crippen LogP contribution is 2.38. The SMILES string of the molecule is CCCN1C(=O)/C(=C\c2ccc(OCc3ccccc3F)c(OCC)c2)c2ccccc21. The summed E-state index contributed by atoms with van der Waals surface area (Å²) in [4.78, 5) is 14.9. The summed E-state index contributed by atoms with van der Waals surface area (Å²) in [7, 11) is 0. The van der Waals surface area contributed by atoms with E-state index < -0.39 is 0 Å². The second kappa shape index (κ2) is 9.69. The number of para-hydroxylation sites is 1. The molecule has 4 nitrogen and oxygen atoms in total. The smallest absolute Gasteiger partial charge is 0.258 e. The maximum atomic E-state index is 13.9. The van der Waals surface area contributed by atoms with Crippen LogP contribution in [0.2, 0.25) is 0 Å². The van der Waals surface area contributed by atoms with Gasteiger partial charge in [-0.15, -0.1) is 0 Å². The van der Waals surface area contributed by atoms with E-state index in [1.54, 1.807) is 24.3 Å². The average molecular weight is 432 g/mol. The molecule has 0 N–H and O–H groups in total. The van der Waals surface area contributed by atoms with Crippen molar-refractivity contribution in [3.05, 3.63) is 89.2 Å². The zero-order valence-corrected chi connectivity index (χ0v) is 18.3. The Morgan fingerprint density at radius 2 is 1.72 bits per heavy atom. The van der Waals surface area contributed by atoms with Crippen molar-refractivity contribution in [2.45, 2.75) is 26.9 Å². The first kappa shape index (κ1) is 21.6. The van der Waals surface area contributed by atoms with Gasteiger partial charge in [0.25, 0.3) is 5.91 Å². The van der Waals surface area contributed by atoms with Crippen LogP contribution >= 0.6 is 0 Å². The van der Waals surface area contributed by atoms with Gasteiger partial charge in [0.15, 0.2) is 11.5 Å². The minimum absolute atomic E-state index is 0.00545. The predicted octanol–water partition coefficient (Wildman–Crippen LogP) is 6.10. The number of anilines is 1. The Morgan fingerprint density at radius 1 is 0.938 bits per heavy atom. The van der Waals surface area contributed by atoms with Crippen LogP contribution in [0.4, 0.5) is 10.1 Å². The highest BCUT2D eigenvalue weighted by Gasteiger charge is 2.31. The lowest BCUT2D eigenvalue weighted by atomic mass is 10.0. The molecule has 3 aromatic rings. The van der Waals surface area contributed by atoms with Crippen LogP contribution in [-0.4, -0.2) is 19.1 Å². The van der Waals surface area contributed by atoms with Gasteiger partial charge in [-0.05, 0) is 49.2 Å². The molecule has 0 fully saturated rings. The fourth-order valence-corrected chi connectivity index (χ4v) is 3.83. The number of nitrogens with zero attached hydrogens (tertiary/aromatic N) is 1. The molecule has 1 aliphatic heterocycles. The molecule has 0 aliphatic carbocycles. The van der Waals surface area contributed by atoms with Gasteiger partial charge in [-0.3, -0.25) is 4.79 Å². The predicted molar refractivity (Wildman–Crippen MR) is 125 cm³/mol. The van der Waals surface area contributed by atoms with Crippen molar-refractivity contribution in [3.8, 4) is 11.5 Å². The maximum Gasteiger partial charge on any atom is 0.258 e. The number of amides is 1. The van der Waals surface area contributed by atoms with E-state index >= 15 is 0 Å². The van der Waals surface area contributed by atoms with Crippen LogP contribution in [0.1, 0.15) is 37.0 Å². The van der Waals surface area contributed by atoms with Crippen LogP contribution in [-0.2, 0) is 11.4 Å². The number of halogens is 1. The molecule has 1 heterocycles. The Balaban J connectivity index is 1.63. The zero-order chi connectivity index (χ0) is 22.5. The molecule has 0 unspecified atom stereocenters. The van der Waals surface area contributed by atoms with Gasteiger partial charge in [-0.2, -0.15) is 0 Å². The number of rotatable bonds is 8. The number of fused-ring (bicyclic) bond motifs is 1. The summed E-state index contributed by atoms with van der Waals surface area (Å²) < 4.78 is 25.5. The Labute approximate surface area is 187 Å². The van der Waals surface area contributed by atoms with E-state index in [9.17, 15) is 9.18 Å². The zero-order valence-electron chi connectivity index (χ0n) is 18.3. The molecule has 0 saturated carbocycles. The number of hydrogen-bond acceptors (Lipinski definition) is 3. The molecular weight excluding hydrogens is 405 g/mol. The summed E-state index contributed by atoms with van der Waals surface area (Å²) in [6, 6.07) is 19.9. The van der Waals surface area contributed by atoms with Crippen molar-refractivity contribution in [2.75, 3.05) is 18.1 Å². The van der Waals surface area contributed by atoms with E-state index in [-0.39, 0.29) is 18.3 Å².